The number of amides is 2. The van der Waals surface area contributed by atoms with Gasteiger partial charge in [0.15, 0.2) is 0 Å². The minimum Gasteiger partial charge on any atom is -0.339 e. The van der Waals surface area contributed by atoms with Gasteiger partial charge in [-0.05, 0) is 35.3 Å². The standard InChI is InChI=1S/C24H26Cl2N2O2S/c1-16(2)19-6-4-5-7-20(19)31-21-10-8-18(23(25)24(21)26)9-11-22(30)28-14-12-27(13-15-28)17(3)29/h4-11,16H,12-15H2,1-3H3. The molecule has 164 valence electrons. The fourth-order valence-electron chi connectivity index (χ4n) is 3.43. The molecule has 0 aromatic heterocycles. The first-order chi connectivity index (χ1) is 14.8. The smallest absolute Gasteiger partial charge is 0.246 e. The van der Waals surface area contributed by atoms with Crippen molar-refractivity contribution in [2.75, 3.05) is 26.2 Å². The maximum atomic E-state index is 12.5. The molecule has 7 heteroatoms. The van der Waals surface area contributed by atoms with E-state index in [2.05, 4.69) is 26.0 Å². The summed E-state index contributed by atoms with van der Waals surface area (Å²) < 4.78 is 0. The number of halogens is 2. The summed E-state index contributed by atoms with van der Waals surface area (Å²) in [5.41, 5.74) is 1.96. The van der Waals surface area contributed by atoms with Gasteiger partial charge in [0.05, 0.1) is 10.0 Å². The SMILES string of the molecule is CC(=O)N1CCN(C(=O)C=Cc2ccc(Sc3ccccc3C(C)C)c(Cl)c2Cl)CC1. The van der Waals surface area contributed by atoms with Gasteiger partial charge >= 0.3 is 0 Å². The van der Waals surface area contributed by atoms with Crippen LogP contribution < -0.4 is 0 Å². The van der Waals surface area contributed by atoms with E-state index in [1.165, 1.54) is 11.6 Å². The molecule has 0 spiro atoms. The Bertz CT molecular complexity index is 999. The Morgan fingerprint density at radius 3 is 2.23 bits per heavy atom. The second-order valence-corrected chi connectivity index (χ2v) is 9.58. The van der Waals surface area contributed by atoms with E-state index in [0.717, 1.165) is 9.79 Å². The molecule has 0 unspecified atom stereocenters. The van der Waals surface area contributed by atoms with Gasteiger partial charge in [-0.1, -0.05) is 73.1 Å². The Morgan fingerprint density at radius 1 is 0.935 bits per heavy atom. The predicted octanol–water partition coefficient (Wildman–Crippen LogP) is 5.97. The lowest BCUT2D eigenvalue weighted by atomic mass is 10.0. The van der Waals surface area contributed by atoms with Gasteiger partial charge in [0.2, 0.25) is 11.8 Å². The normalized spacial score (nSPS) is 14.5. The Balaban J connectivity index is 1.71. The third-order valence-corrected chi connectivity index (χ3v) is 7.44. The van der Waals surface area contributed by atoms with E-state index in [9.17, 15) is 9.59 Å². The molecule has 3 rings (SSSR count). The van der Waals surface area contributed by atoms with Crippen LogP contribution in [0.2, 0.25) is 10.0 Å². The van der Waals surface area contributed by atoms with E-state index in [1.807, 2.05) is 24.3 Å². The summed E-state index contributed by atoms with van der Waals surface area (Å²) in [6.07, 6.45) is 3.21. The largest absolute Gasteiger partial charge is 0.339 e. The fraction of sp³-hybridized carbons (Fsp3) is 0.333. The van der Waals surface area contributed by atoms with E-state index in [1.54, 1.807) is 34.6 Å². The average Bonchev–Trinajstić information content (AvgIpc) is 2.76. The Morgan fingerprint density at radius 2 is 1.58 bits per heavy atom. The van der Waals surface area contributed by atoms with Crippen LogP contribution in [-0.2, 0) is 9.59 Å². The first-order valence-corrected chi connectivity index (χ1v) is 11.8. The van der Waals surface area contributed by atoms with Crippen molar-refractivity contribution in [3.63, 3.8) is 0 Å². The molecule has 4 nitrogen and oxygen atoms in total. The van der Waals surface area contributed by atoms with Crippen molar-refractivity contribution in [2.45, 2.75) is 36.5 Å². The first-order valence-electron chi connectivity index (χ1n) is 10.2. The zero-order chi connectivity index (χ0) is 22.5. The van der Waals surface area contributed by atoms with Crippen molar-refractivity contribution in [3.05, 3.63) is 63.6 Å². The predicted molar refractivity (Wildman–Crippen MR) is 129 cm³/mol. The van der Waals surface area contributed by atoms with E-state index in [-0.39, 0.29) is 11.8 Å². The lowest BCUT2D eigenvalue weighted by molar-refractivity contribution is -0.135. The van der Waals surface area contributed by atoms with Crippen LogP contribution in [0.15, 0.2) is 52.3 Å². The highest BCUT2D eigenvalue weighted by Gasteiger charge is 2.21. The molecule has 2 aromatic rings. The molecule has 0 radical (unpaired) electrons. The molecule has 0 atom stereocenters. The van der Waals surface area contributed by atoms with E-state index < -0.39 is 0 Å². The van der Waals surface area contributed by atoms with Gasteiger partial charge in [0.25, 0.3) is 0 Å². The molecule has 0 saturated carbocycles. The Labute approximate surface area is 198 Å². The third kappa shape index (κ3) is 5.85. The molecule has 0 N–H and O–H groups in total. The Kier molecular flexibility index (Phi) is 8.09. The molecule has 2 amide bonds. The van der Waals surface area contributed by atoms with Gasteiger partial charge in [-0.3, -0.25) is 9.59 Å². The highest BCUT2D eigenvalue weighted by Crippen LogP contribution is 2.41. The summed E-state index contributed by atoms with van der Waals surface area (Å²) >= 11 is 14.7. The molecule has 1 saturated heterocycles. The number of hydrogen-bond acceptors (Lipinski definition) is 3. The quantitative estimate of drug-likeness (QED) is 0.498. The highest BCUT2D eigenvalue weighted by atomic mass is 35.5. The van der Waals surface area contributed by atoms with Gasteiger partial charge in [0, 0.05) is 49.0 Å². The van der Waals surface area contributed by atoms with Crippen molar-refractivity contribution in [2.24, 2.45) is 0 Å². The van der Waals surface area contributed by atoms with Gasteiger partial charge in [-0.2, -0.15) is 0 Å². The number of benzene rings is 2. The van der Waals surface area contributed by atoms with E-state index in [0.29, 0.717) is 47.7 Å². The second kappa shape index (κ2) is 10.6. The van der Waals surface area contributed by atoms with Crippen LogP contribution in [0.3, 0.4) is 0 Å². The van der Waals surface area contributed by atoms with Gasteiger partial charge in [-0.15, -0.1) is 0 Å². The molecule has 1 aliphatic rings. The minimum atomic E-state index is -0.0975. The lowest BCUT2D eigenvalue weighted by Gasteiger charge is -2.33. The van der Waals surface area contributed by atoms with Crippen molar-refractivity contribution in [1.29, 1.82) is 0 Å². The van der Waals surface area contributed by atoms with Gasteiger partial charge in [0.1, 0.15) is 0 Å². The second-order valence-electron chi connectivity index (χ2n) is 7.74. The van der Waals surface area contributed by atoms with Crippen molar-refractivity contribution in [3.8, 4) is 0 Å². The molecular formula is C24H26Cl2N2O2S. The van der Waals surface area contributed by atoms with E-state index >= 15 is 0 Å². The van der Waals surface area contributed by atoms with Crippen LogP contribution in [-0.4, -0.2) is 47.8 Å². The zero-order valence-electron chi connectivity index (χ0n) is 17.9. The van der Waals surface area contributed by atoms with Gasteiger partial charge in [-0.25, -0.2) is 0 Å². The molecule has 0 aliphatic carbocycles. The summed E-state index contributed by atoms with van der Waals surface area (Å²) in [4.78, 5) is 29.5. The summed E-state index contributed by atoms with van der Waals surface area (Å²) in [6.45, 7) is 8.06. The zero-order valence-corrected chi connectivity index (χ0v) is 20.2. The van der Waals surface area contributed by atoms with Crippen LogP contribution in [0, 0.1) is 0 Å². The average molecular weight is 477 g/mol. The van der Waals surface area contributed by atoms with Gasteiger partial charge < -0.3 is 9.80 Å². The summed E-state index contributed by atoms with van der Waals surface area (Å²) in [5.74, 6) is 0.348. The molecule has 1 heterocycles. The summed E-state index contributed by atoms with van der Waals surface area (Å²) in [5, 5.41) is 0.911. The highest BCUT2D eigenvalue weighted by molar-refractivity contribution is 7.99. The third-order valence-electron chi connectivity index (χ3n) is 5.28. The van der Waals surface area contributed by atoms with Crippen LogP contribution in [0.4, 0.5) is 0 Å². The molecule has 1 fully saturated rings. The fourth-order valence-corrected chi connectivity index (χ4v) is 5.14. The Hall–Kier alpha value is -1.95. The van der Waals surface area contributed by atoms with Crippen LogP contribution in [0.1, 0.15) is 37.8 Å². The molecule has 1 aliphatic heterocycles. The van der Waals surface area contributed by atoms with Crippen LogP contribution in [0.25, 0.3) is 6.08 Å². The first kappa shape index (κ1) is 23.7. The lowest BCUT2D eigenvalue weighted by Crippen LogP contribution is -2.49. The minimum absolute atomic E-state index is 0.0399. The molecular weight excluding hydrogens is 451 g/mol. The number of nitrogens with zero attached hydrogens (tertiary/aromatic N) is 2. The van der Waals surface area contributed by atoms with Crippen molar-refractivity contribution < 1.29 is 9.59 Å². The maximum absolute atomic E-state index is 12.5. The maximum Gasteiger partial charge on any atom is 0.246 e. The van der Waals surface area contributed by atoms with Crippen molar-refractivity contribution >= 4 is 52.9 Å². The van der Waals surface area contributed by atoms with E-state index in [4.69, 9.17) is 23.2 Å². The summed E-state index contributed by atoms with van der Waals surface area (Å²) in [6, 6.07) is 12.1. The number of hydrogen-bond donors (Lipinski definition) is 0. The molecule has 31 heavy (non-hydrogen) atoms. The topological polar surface area (TPSA) is 40.6 Å². The van der Waals surface area contributed by atoms with Crippen LogP contribution in [0.5, 0.6) is 0 Å². The number of rotatable bonds is 5. The molecule has 2 aromatic carbocycles. The number of carbonyl (C=O) groups excluding carboxylic acids is 2. The van der Waals surface area contributed by atoms with Crippen molar-refractivity contribution in [1.82, 2.24) is 9.80 Å². The number of carbonyl (C=O) groups is 2. The molecule has 0 bridgehead atoms. The summed E-state index contributed by atoms with van der Waals surface area (Å²) in [7, 11) is 0. The number of piperazine rings is 1. The van der Waals surface area contributed by atoms with Crippen LogP contribution >= 0.6 is 35.0 Å². The monoisotopic (exact) mass is 476 g/mol.